The molecule has 1 aromatic rings. The molecule has 0 saturated carbocycles. The Morgan fingerprint density at radius 3 is 2.93 bits per heavy atom. The summed E-state index contributed by atoms with van der Waals surface area (Å²) in [5.74, 6) is 0. The van der Waals surface area contributed by atoms with Gasteiger partial charge in [0.1, 0.15) is 0 Å². The van der Waals surface area contributed by atoms with E-state index in [0.29, 0.717) is 11.2 Å². The molecule has 0 aliphatic rings. The van der Waals surface area contributed by atoms with Crippen molar-refractivity contribution in [3.63, 3.8) is 0 Å². The zero-order valence-corrected chi connectivity index (χ0v) is 9.21. The van der Waals surface area contributed by atoms with Gasteiger partial charge in [-0.05, 0) is 26.1 Å². The van der Waals surface area contributed by atoms with Gasteiger partial charge in [0, 0.05) is 18.8 Å². The molecular formula is C8H15N5S. The van der Waals surface area contributed by atoms with E-state index in [1.54, 1.807) is 10.9 Å². The highest BCUT2D eigenvalue weighted by atomic mass is 32.1. The first-order valence-electron chi connectivity index (χ1n) is 4.57. The molecule has 6 heteroatoms. The van der Waals surface area contributed by atoms with Gasteiger partial charge in [-0.25, -0.2) is 0 Å². The number of hydrogen-bond donors (Lipinski definition) is 2. The van der Waals surface area contributed by atoms with Crippen molar-refractivity contribution in [2.75, 3.05) is 6.54 Å². The second-order valence-electron chi connectivity index (χ2n) is 3.22. The molecule has 1 aromatic heterocycles. The summed E-state index contributed by atoms with van der Waals surface area (Å²) in [6.45, 7) is 5.61. The van der Waals surface area contributed by atoms with Gasteiger partial charge in [-0.15, -0.1) is 5.10 Å². The van der Waals surface area contributed by atoms with Crippen LogP contribution in [0.4, 0.5) is 0 Å². The smallest absolute Gasteiger partial charge is 0.166 e. The van der Waals surface area contributed by atoms with Crippen LogP contribution in [0.5, 0.6) is 0 Å². The van der Waals surface area contributed by atoms with Gasteiger partial charge in [-0.1, -0.05) is 5.21 Å². The minimum Gasteiger partial charge on any atom is -0.361 e. The molecule has 0 saturated heterocycles. The van der Waals surface area contributed by atoms with E-state index in [-0.39, 0.29) is 0 Å². The number of aromatic nitrogens is 3. The van der Waals surface area contributed by atoms with E-state index >= 15 is 0 Å². The Labute approximate surface area is 88.9 Å². The maximum atomic E-state index is 5.06. The molecule has 0 bridgehead atoms. The summed E-state index contributed by atoms with van der Waals surface area (Å²) in [5, 5.41) is 14.4. The molecule has 14 heavy (non-hydrogen) atoms. The van der Waals surface area contributed by atoms with Crippen LogP contribution in [0.3, 0.4) is 0 Å². The third-order valence-corrected chi connectivity index (χ3v) is 1.78. The monoisotopic (exact) mass is 213 g/mol. The Bertz CT molecular complexity index is 269. The van der Waals surface area contributed by atoms with Crippen LogP contribution in [-0.2, 0) is 6.54 Å². The lowest BCUT2D eigenvalue weighted by molar-refractivity contribution is 0.575. The van der Waals surface area contributed by atoms with Gasteiger partial charge in [0.05, 0.1) is 12.7 Å². The van der Waals surface area contributed by atoms with E-state index in [1.807, 2.05) is 20.0 Å². The summed E-state index contributed by atoms with van der Waals surface area (Å²) < 4.78 is 1.75. The molecule has 0 amide bonds. The number of rotatable bonds is 4. The first-order valence-corrected chi connectivity index (χ1v) is 4.98. The number of nitrogens with zero attached hydrogens (tertiary/aromatic N) is 3. The first-order chi connectivity index (χ1) is 6.68. The number of nitrogens with one attached hydrogen (secondary N) is 2. The fraction of sp³-hybridized carbons (Fsp3) is 0.625. The summed E-state index contributed by atoms with van der Waals surface area (Å²) in [7, 11) is 0. The lowest BCUT2D eigenvalue weighted by atomic mass is 10.4. The molecular weight excluding hydrogens is 198 g/mol. The summed E-state index contributed by atoms with van der Waals surface area (Å²) in [4.78, 5) is 0. The molecule has 0 fully saturated rings. The van der Waals surface area contributed by atoms with Crippen LogP contribution < -0.4 is 10.6 Å². The van der Waals surface area contributed by atoms with E-state index in [0.717, 1.165) is 13.1 Å². The molecule has 0 aliphatic carbocycles. The molecule has 78 valence electrons. The second-order valence-corrected chi connectivity index (χ2v) is 3.63. The van der Waals surface area contributed by atoms with Crippen molar-refractivity contribution >= 4 is 17.3 Å². The molecule has 0 radical (unpaired) electrons. The topological polar surface area (TPSA) is 54.8 Å². The minimum atomic E-state index is 0.362. The highest BCUT2D eigenvalue weighted by Crippen LogP contribution is 1.80. The minimum absolute atomic E-state index is 0.362. The summed E-state index contributed by atoms with van der Waals surface area (Å²) >= 11 is 5.06. The van der Waals surface area contributed by atoms with E-state index in [9.17, 15) is 0 Å². The summed E-state index contributed by atoms with van der Waals surface area (Å²) in [6, 6.07) is 0.362. The largest absolute Gasteiger partial charge is 0.361 e. The predicted molar refractivity (Wildman–Crippen MR) is 58.9 cm³/mol. The zero-order chi connectivity index (χ0) is 10.4. The van der Waals surface area contributed by atoms with Crippen LogP contribution in [0, 0.1) is 0 Å². The average Bonchev–Trinajstić information content (AvgIpc) is 2.55. The molecule has 0 atom stereocenters. The van der Waals surface area contributed by atoms with Gasteiger partial charge < -0.3 is 10.6 Å². The van der Waals surface area contributed by atoms with Gasteiger partial charge in [-0.2, -0.15) is 0 Å². The lowest BCUT2D eigenvalue weighted by Gasteiger charge is -2.12. The van der Waals surface area contributed by atoms with Crippen molar-refractivity contribution in [3.05, 3.63) is 12.4 Å². The zero-order valence-electron chi connectivity index (χ0n) is 8.40. The predicted octanol–water partition coefficient (Wildman–Crippen LogP) is 0.151. The fourth-order valence-corrected chi connectivity index (χ4v) is 1.29. The van der Waals surface area contributed by atoms with Crippen molar-refractivity contribution in [3.8, 4) is 0 Å². The third-order valence-electron chi connectivity index (χ3n) is 1.52. The van der Waals surface area contributed by atoms with Crippen molar-refractivity contribution in [2.45, 2.75) is 26.4 Å². The van der Waals surface area contributed by atoms with Gasteiger partial charge >= 0.3 is 0 Å². The SMILES string of the molecule is CC(C)NC(=S)NCCn1ccnn1. The molecule has 1 rings (SSSR count). The molecule has 0 unspecified atom stereocenters. The Morgan fingerprint density at radius 1 is 1.57 bits per heavy atom. The van der Waals surface area contributed by atoms with Crippen LogP contribution >= 0.6 is 12.2 Å². The quantitative estimate of drug-likeness (QED) is 0.697. The Hall–Kier alpha value is -1.17. The maximum Gasteiger partial charge on any atom is 0.166 e. The van der Waals surface area contributed by atoms with Crippen molar-refractivity contribution in [1.29, 1.82) is 0 Å². The Morgan fingerprint density at radius 2 is 2.36 bits per heavy atom. The van der Waals surface area contributed by atoms with Crippen LogP contribution in [-0.4, -0.2) is 32.7 Å². The number of thiocarbonyl (C=S) groups is 1. The number of hydrogen-bond acceptors (Lipinski definition) is 3. The second kappa shape index (κ2) is 5.54. The van der Waals surface area contributed by atoms with Crippen molar-refractivity contribution in [1.82, 2.24) is 25.6 Å². The van der Waals surface area contributed by atoms with Gasteiger partial charge in [0.2, 0.25) is 0 Å². The van der Waals surface area contributed by atoms with Crippen LogP contribution in [0.1, 0.15) is 13.8 Å². The van der Waals surface area contributed by atoms with E-state index < -0.39 is 0 Å². The average molecular weight is 213 g/mol. The maximum absolute atomic E-state index is 5.06. The van der Waals surface area contributed by atoms with Gasteiger partial charge in [0.15, 0.2) is 5.11 Å². The third kappa shape index (κ3) is 4.18. The molecule has 2 N–H and O–H groups in total. The summed E-state index contributed by atoms with van der Waals surface area (Å²) in [5.41, 5.74) is 0. The van der Waals surface area contributed by atoms with E-state index in [2.05, 4.69) is 20.9 Å². The molecule has 1 heterocycles. The lowest BCUT2D eigenvalue weighted by Crippen LogP contribution is -2.40. The standard InChI is InChI=1S/C8H15N5S/c1-7(2)11-8(14)9-3-5-13-6-4-10-12-13/h4,6-7H,3,5H2,1-2H3,(H2,9,11,14). The van der Waals surface area contributed by atoms with Crippen molar-refractivity contribution in [2.24, 2.45) is 0 Å². The Balaban J connectivity index is 2.12. The molecule has 0 spiro atoms. The first kappa shape index (κ1) is 10.9. The van der Waals surface area contributed by atoms with E-state index in [4.69, 9.17) is 12.2 Å². The highest BCUT2D eigenvalue weighted by molar-refractivity contribution is 7.80. The summed E-state index contributed by atoms with van der Waals surface area (Å²) in [6.07, 6.45) is 3.48. The van der Waals surface area contributed by atoms with Crippen LogP contribution in [0.25, 0.3) is 0 Å². The molecule has 0 aromatic carbocycles. The van der Waals surface area contributed by atoms with Gasteiger partial charge in [-0.3, -0.25) is 4.68 Å². The van der Waals surface area contributed by atoms with Crippen LogP contribution in [0.2, 0.25) is 0 Å². The molecule has 0 aliphatic heterocycles. The van der Waals surface area contributed by atoms with Gasteiger partial charge in [0.25, 0.3) is 0 Å². The highest BCUT2D eigenvalue weighted by Gasteiger charge is 1.97. The Kier molecular flexibility index (Phi) is 4.31. The fourth-order valence-electron chi connectivity index (χ4n) is 0.949. The van der Waals surface area contributed by atoms with Crippen molar-refractivity contribution < 1.29 is 0 Å². The molecule has 5 nitrogen and oxygen atoms in total. The normalized spacial score (nSPS) is 10.2. The van der Waals surface area contributed by atoms with Crippen LogP contribution in [0.15, 0.2) is 12.4 Å². The van der Waals surface area contributed by atoms with E-state index in [1.165, 1.54) is 0 Å².